The van der Waals surface area contributed by atoms with Gasteiger partial charge in [-0.1, -0.05) is 20.8 Å². The lowest BCUT2D eigenvalue weighted by Crippen LogP contribution is -2.51. The van der Waals surface area contributed by atoms with Gasteiger partial charge in [-0.3, -0.25) is 9.59 Å². The Morgan fingerprint density at radius 2 is 1.83 bits per heavy atom. The first-order valence-electron chi connectivity index (χ1n) is 9.05. The maximum atomic E-state index is 12.4. The highest BCUT2D eigenvalue weighted by Crippen LogP contribution is 2.39. The smallest absolute Gasteiger partial charge is 0.226 e. The van der Waals surface area contributed by atoms with Crippen molar-refractivity contribution in [2.75, 3.05) is 26.2 Å². The Bertz CT molecular complexity index is 602. The van der Waals surface area contributed by atoms with Crippen LogP contribution in [0.2, 0.25) is 0 Å². The largest absolute Gasteiger partial charge is 0.339 e. The van der Waals surface area contributed by atoms with Crippen molar-refractivity contribution < 1.29 is 9.59 Å². The van der Waals surface area contributed by atoms with Crippen molar-refractivity contribution in [1.29, 1.82) is 0 Å². The van der Waals surface area contributed by atoms with Gasteiger partial charge in [0.25, 0.3) is 0 Å². The Morgan fingerprint density at radius 1 is 1.21 bits per heavy atom. The van der Waals surface area contributed by atoms with Gasteiger partial charge in [0.05, 0.1) is 0 Å². The Morgan fingerprint density at radius 3 is 2.42 bits per heavy atom. The number of aromatic nitrogens is 2. The zero-order valence-electron chi connectivity index (χ0n) is 14.9. The van der Waals surface area contributed by atoms with Gasteiger partial charge in [0.2, 0.25) is 11.8 Å². The minimum absolute atomic E-state index is 0.172. The van der Waals surface area contributed by atoms with Crippen LogP contribution in [0.1, 0.15) is 45.4 Å². The fourth-order valence-electron chi connectivity index (χ4n) is 3.46. The molecule has 1 aromatic rings. The minimum atomic E-state index is 0.172. The summed E-state index contributed by atoms with van der Waals surface area (Å²) in [4.78, 5) is 32.9. The SMILES string of the molecule is CC(C)c1nccn1CCC(=O)N1CCN(C(=O)[C@@H]2C[C@H]2C)CC1. The average Bonchev–Trinajstić information content (AvgIpc) is 3.11. The molecule has 24 heavy (non-hydrogen) atoms. The molecule has 1 saturated carbocycles. The number of imidazole rings is 1. The number of amides is 2. The van der Waals surface area contributed by atoms with E-state index in [1.165, 1.54) is 0 Å². The van der Waals surface area contributed by atoms with Gasteiger partial charge < -0.3 is 14.4 Å². The summed E-state index contributed by atoms with van der Waals surface area (Å²) < 4.78 is 2.07. The molecule has 2 amide bonds. The van der Waals surface area contributed by atoms with E-state index in [4.69, 9.17) is 0 Å². The van der Waals surface area contributed by atoms with Crippen LogP contribution in [0.5, 0.6) is 0 Å². The van der Waals surface area contributed by atoms with Gasteiger partial charge in [0.15, 0.2) is 0 Å². The van der Waals surface area contributed by atoms with Gasteiger partial charge in [-0.05, 0) is 12.3 Å². The molecule has 3 rings (SSSR count). The first-order chi connectivity index (χ1) is 11.5. The average molecular weight is 332 g/mol. The van der Waals surface area contributed by atoms with Gasteiger partial charge in [-0.15, -0.1) is 0 Å². The number of carbonyl (C=O) groups excluding carboxylic acids is 2. The molecule has 0 radical (unpaired) electrons. The first kappa shape index (κ1) is 17.0. The number of rotatable bonds is 5. The van der Waals surface area contributed by atoms with E-state index < -0.39 is 0 Å². The first-order valence-corrected chi connectivity index (χ1v) is 9.05. The van der Waals surface area contributed by atoms with Crippen LogP contribution in [0.3, 0.4) is 0 Å². The second kappa shape index (κ2) is 6.95. The molecule has 0 unspecified atom stereocenters. The Balaban J connectivity index is 1.45. The van der Waals surface area contributed by atoms with E-state index in [9.17, 15) is 9.59 Å². The van der Waals surface area contributed by atoms with Gasteiger partial charge in [-0.2, -0.15) is 0 Å². The maximum absolute atomic E-state index is 12.4. The Kier molecular flexibility index (Phi) is 4.92. The van der Waals surface area contributed by atoms with E-state index in [2.05, 4.69) is 30.3 Å². The van der Waals surface area contributed by atoms with E-state index in [1.54, 1.807) is 6.20 Å². The van der Waals surface area contributed by atoms with Gasteiger partial charge in [0, 0.05) is 63.4 Å². The molecule has 2 aliphatic rings. The summed E-state index contributed by atoms with van der Waals surface area (Å²) in [5, 5.41) is 0. The standard InChI is InChI=1S/C18H28N4O2/c1-13(2)17-19-5-7-21(17)6-4-16(23)20-8-10-22(11-9-20)18(24)15-12-14(15)3/h5,7,13-15H,4,6,8-12H2,1-3H3/t14-,15-/m1/s1. The van der Waals surface area contributed by atoms with Crippen molar-refractivity contribution in [3.05, 3.63) is 18.2 Å². The number of carbonyl (C=O) groups is 2. The molecular formula is C18H28N4O2. The van der Waals surface area contributed by atoms with Crippen LogP contribution >= 0.6 is 0 Å². The quantitative estimate of drug-likeness (QED) is 0.825. The van der Waals surface area contributed by atoms with Crippen molar-refractivity contribution in [2.45, 2.75) is 46.1 Å². The summed E-state index contributed by atoms with van der Waals surface area (Å²) in [5.41, 5.74) is 0. The lowest BCUT2D eigenvalue weighted by molar-refractivity contribution is -0.140. The summed E-state index contributed by atoms with van der Waals surface area (Å²) in [6, 6.07) is 0. The third kappa shape index (κ3) is 3.62. The molecule has 1 saturated heterocycles. The molecule has 2 atom stereocenters. The third-order valence-electron chi connectivity index (χ3n) is 5.20. The molecule has 0 bridgehead atoms. The van der Waals surface area contributed by atoms with E-state index in [1.807, 2.05) is 16.0 Å². The number of nitrogens with zero attached hydrogens (tertiary/aromatic N) is 4. The highest BCUT2D eigenvalue weighted by atomic mass is 16.2. The highest BCUT2D eigenvalue weighted by Gasteiger charge is 2.42. The minimum Gasteiger partial charge on any atom is -0.339 e. The van der Waals surface area contributed by atoms with Crippen LogP contribution in [-0.2, 0) is 16.1 Å². The van der Waals surface area contributed by atoms with E-state index in [-0.39, 0.29) is 17.7 Å². The highest BCUT2D eigenvalue weighted by molar-refractivity contribution is 5.82. The summed E-state index contributed by atoms with van der Waals surface area (Å²) in [6.07, 6.45) is 5.25. The lowest BCUT2D eigenvalue weighted by Gasteiger charge is -2.35. The van der Waals surface area contributed by atoms with Gasteiger partial charge in [-0.25, -0.2) is 4.98 Å². The van der Waals surface area contributed by atoms with Gasteiger partial charge >= 0.3 is 0 Å². The number of aryl methyl sites for hydroxylation is 1. The second-order valence-corrected chi connectivity index (χ2v) is 7.41. The molecule has 0 aromatic carbocycles. The zero-order valence-corrected chi connectivity index (χ0v) is 14.9. The third-order valence-corrected chi connectivity index (χ3v) is 5.20. The van der Waals surface area contributed by atoms with Crippen LogP contribution < -0.4 is 0 Å². The summed E-state index contributed by atoms with van der Waals surface area (Å²) in [6.45, 7) is 9.69. The molecule has 1 aromatic heterocycles. The van der Waals surface area contributed by atoms with Crippen molar-refractivity contribution in [2.24, 2.45) is 11.8 Å². The summed E-state index contributed by atoms with van der Waals surface area (Å²) in [7, 11) is 0. The molecule has 0 N–H and O–H groups in total. The second-order valence-electron chi connectivity index (χ2n) is 7.41. The maximum Gasteiger partial charge on any atom is 0.226 e. The fraction of sp³-hybridized carbons (Fsp3) is 0.722. The van der Waals surface area contributed by atoms with Crippen LogP contribution in [0.15, 0.2) is 12.4 Å². The van der Waals surface area contributed by atoms with E-state index in [0.29, 0.717) is 51.0 Å². The monoisotopic (exact) mass is 332 g/mol. The Hall–Kier alpha value is -1.85. The van der Waals surface area contributed by atoms with Crippen molar-refractivity contribution in [3.63, 3.8) is 0 Å². The van der Waals surface area contributed by atoms with Crippen LogP contribution in [0, 0.1) is 11.8 Å². The van der Waals surface area contributed by atoms with Crippen LogP contribution in [-0.4, -0.2) is 57.3 Å². The predicted molar refractivity (Wildman–Crippen MR) is 91.4 cm³/mol. The lowest BCUT2D eigenvalue weighted by atomic mass is 10.2. The number of hydrogen-bond donors (Lipinski definition) is 0. The van der Waals surface area contributed by atoms with E-state index >= 15 is 0 Å². The molecular weight excluding hydrogens is 304 g/mol. The number of piperazine rings is 1. The predicted octanol–water partition coefficient (Wildman–Crippen LogP) is 1.72. The molecule has 6 heteroatoms. The van der Waals surface area contributed by atoms with Crippen molar-refractivity contribution in [3.8, 4) is 0 Å². The van der Waals surface area contributed by atoms with Crippen molar-refractivity contribution in [1.82, 2.24) is 19.4 Å². The normalized spacial score (nSPS) is 23.7. The number of hydrogen-bond acceptors (Lipinski definition) is 3. The molecule has 2 heterocycles. The molecule has 132 valence electrons. The summed E-state index contributed by atoms with van der Waals surface area (Å²) >= 11 is 0. The van der Waals surface area contributed by atoms with Gasteiger partial charge in [0.1, 0.15) is 5.82 Å². The zero-order chi connectivity index (χ0) is 17.3. The molecule has 1 aliphatic carbocycles. The molecule has 2 fully saturated rings. The van der Waals surface area contributed by atoms with E-state index in [0.717, 1.165) is 12.2 Å². The van der Waals surface area contributed by atoms with Crippen molar-refractivity contribution >= 4 is 11.8 Å². The van der Waals surface area contributed by atoms with Crippen LogP contribution in [0.25, 0.3) is 0 Å². The molecule has 0 spiro atoms. The fourth-order valence-corrected chi connectivity index (χ4v) is 3.46. The molecule has 1 aliphatic heterocycles. The topological polar surface area (TPSA) is 58.4 Å². The summed E-state index contributed by atoms with van der Waals surface area (Å²) in [5.74, 6) is 2.62. The molecule has 6 nitrogen and oxygen atoms in total. The Labute approximate surface area is 143 Å². The van der Waals surface area contributed by atoms with Crippen LogP contribution in [0.4, 0.5) is 0 Å².